The summed E-state index contributed by atoms with van der Waals surface area (Å²) in [6.45, 7) is 1.91. The Bertz CT molecular complexity index is 641. The zero-order valence-electron chi connectivity index (χ0n) is 10.5. The zero-order chi connectivity index (χ0) is 14.0. The number of aromatic carboxylic acids is 1. The van der Waals surface area contributed by atoms with E-state index in [1.54, 1.807) is 7.11 Å². The predicted octanol–water partition coefficient (Wildman–Crippen LogP) is 3.42. The van der Waals surface area contributed by atoms with Gasteiger partial charge < -0.3 is 9.84 Å². The van der Waals surface area contributed by atoms with Crippen molar-refractivity contribution in [2.45, 2.75) is 6.92 Å². The first-order valence-electron chi connectivity index (χ1n) is 5.57. The van der Waals surface area contributed by atoms with Gasteiger partial charge in [0.15, 0.2) is 0 Å². The van der Waals surface area contributed by atoms with Gasteiger partial charge in [0.1, 0.15) is 10.9 Å². The molecule has 1 aromatic heterocycles. The van der Waals surface area contributed by atoms with Gasteiger partial charge in [-0.15, -0.1) is 0 Å². The Balaban J connectivity index is 2.52. The molecule has 0 amide bonds. The summed E-state index contributed by atoms with van der Waals surface area (Å²) >= 11 is 5.84. The fraction of sp³-hybridized carbons (Fsp3) is 0.143. The van der Waals surface area contributed by atoms with E-state index >= 15 is 0 Å². The van der Waals surface area contributed by atoms with Gasteiger partial charge in [0.05, 0.1) is 18.4 Å². The first kappa shape index (κ1) is 13.4. The average molecular weight is 278 g/mol. The highest BCUT2D eigenvalue weighted by atomic mass is 35.5. The maximum atomic E-state index is 11.0. The van der Waals surface area contributed by atoms with Crippen LogP contribution < -0.4 is 4.74 Å². The Hall–Kier alpha value is -2.07. The molecule has 1 N–H and O–H groups in total. The van der Waals surface area contributed by atoms with Crippen LogP contribution in [0, 0.1) is 6.92 Å². The van der Waals surface area contributed by atoms with E-state index in [1.165, 1.54) is 12.1 Å². The molecular weight excluding hydrogens is 266 g/mol. The second-order valence-electron chi connectivity index (χ2n) is 4.05. The Morgan fingerprint density at radius 1 is 1.32 bits per heavy atom. The van der Waals surface area contributed by atoms with Crippen LogP contribution in [0.2, 0.25) is 5.15 Å². The Morgan fingerprint density at radius 2 is 2.05 bits per heavy atom. The van der Waals surface area contributed by atoms with E-state index in [4.69, 9.17) is 21.4 Å². The fourth-order valence-electron chi connectivity index (χ4n) is 1.81. The number of halogens is 1. The predicted molar refractivity (Wildman–Crippen MR) is 72.9 cm³/mol. The van der Waals surface area contributed by atoms with Crippen molar-refractivity contribution in [2.24, 2.45) is 0 Å². The van der Waals surface area contributed by atoms with Gasteiger partial charge in [-0.05, 0) is 42.8 Å². The summed E-state index contributed by atoms with van der Waals surface area (Å²) in [5.41, 5.74) is 2.38. The molecule has 2 aromatic rings. The van der Waals surface area contributed by atoms with Crippen molar-refractivity contribution in [3.63, 3.8) is 0 Å². The molecule has 0 aliphatic carbocycles. The molecule has 1 heterocycles. The van der Waals surface area contributed by atoms with E-state index in [9.17, 15) is 4.79 Å². The zero-order valence-corrected chi connectivity index (χ0v) is 11.2. The molecule has 1 aromatic carbocycles. The first-order chi connectivity index (χ1) is 9.01. The molecule has 19 heavy (non-hydrogen) atoms. The molecule has 0 aliphatic heterocycles. The van der Waals surface area contributed by atoms with E-state index in [0.717, 1.165) is 16.9 Å². The normalized spacial score (nSPS) is 10.3. The smallest absolute Gasteiger partial charge is 0.335 e. The number of benzene rings is 1. The molecule has 0 saturated carbocycles. The molecule has 0 spiro atoms. The highest BCUT2D eigenvalue weighted by Gasteiger charge is 2.10. The molecule has 0 unspecified atom stereocenters. The number of rotatable bonds is 3. The van der Waals surface area contributed by atoms with E-state index in [2.05, 4.69) is 4.98 Å². The fourth-order valence-corrected chi connectivity index (χ4v) is 2.01. The van der Waals surface area contributed by atoms with E-state index in [1.807, 2.05) is 25.1 Å². The molecule has 2 rings (SSSR count). The number of carboxylic acids is 1. The largest absolute Gasteiger partial charge is 0.496 e. The molecule has 0 fully saturated rings. The number of ether oxygens (including phenoxy) is 1. The van der Waals surface area contributed by atoms with Crippen molar-refractivity contribution >= 4 is 17.6 Å². The van der Waals surface area contributed by atoms with Crippen LogP contribution in [-0.4, -0.2) is 23.2 Å². The Labute approximate surface area is 115 Å². The van der Waals surface area contributed by atoms with Crippen LogP contribution in [0.25, 0.3) is 11.3 Å². The molecule has 0 aliphatic rings. The van der Waals surface area contributed by atoms with E-state index in [-0.39, 0.29) is 10.7 Å². The first-order valence-corrected chi connectivity index (χ1v) is 5.95. The lowest BCUT2D eigenvalue weighted by Crippen LogP contribution is -1.98. The summed E-state index contributed by atoms with van der Waals surface area (Å²) in [6, 6.07) is 8.33. The number of nitrogens with zero attached hydrogens (tertiary/aromatic N) is 1. The maximum absolute atomic E-state index is 11.0. The minimum absolute atomic E-state index is 0.114. The summed E-state index contributed by atoms with van der Waals surface area (Å²) in [5.74, 6) is -0.264. The van der Waals surface area contributed by atoms with Gasteiger partial charge in [-0.1, -0.05) is 11.6 Å². The molecule has 98 valence electrons. The van der Waals surface area contributed by atoms with Gasteiger partial charge in [0.25, 0.3) is 0 Å². The summed E-state index contributed by atoms with van der Waals surface area (Å²) < 4.78 is 5.18. The Morgan fingerprint density at radius 3 is 2.63 bits per heavy atom. The minimum atomic E-state index is -1.03. The monoisotopic (exact) mass is 277 g/mol. The third-order valence-electron chi connectivity index (χ3n) is 2.73. The Kier molecular flexibility index (Phi) is 3.71. The summed E-state index contributed by atoms with van der Waals surface area (Å²) in [6.07, 6.45) is 0. The number of carboxylic acid groups (broad SMARTS) is 1. The number of aryl methyl sites for hydroxylation is 1. The van der Waals surface area contributed by atoms with Gasteiger partial charge >= 0.3 is 5.97 Å². The molecule has 0 atom stereocenters. The van der Waals surface area contributed by atoms with Crippen LogP contribution in [-0.2, 0) is 0 Å². The maximum Gasteiger partial charge on any atom is 0.335 e. The summed E-state index contributed by atoms with van der Waals surface area (Å²) in [4.78, 5) is 15.1. The van der Waals surface area contributed by atoms with Crippen molar-refractivity contribution in [2.75, 3.05) is 7.11 Å². The molecular formula is C14H12ClNO3. The van der Waals surface area contributed by atoms with Crippen LogP contribution in [0.15, 0.2) is 30.3 Å². The van der Waals surface area contributed by atoms with Gasteiger partial charge in [0.2, 0.25) is 0 Å². The van der Waals surface area contributed by atoms with Crippen LogP contribution in [0.3, 0.4) is 0 Å². The second kappa shape index (κ2) is 5.28. The van der Waals surface area contributed by atoms with Gasteiger partial charge in [-0.2, -0.15) is 0 Å². The van der Waals surface area contributed by atoms with Crippen molar-refractivity contribution < 1.29 is 14.6 Å². The second-order valence-corrected chi connectivity index (χ2v) is 4.44. The summed E-state index contributed by atoms with van der Waals surface area (Å²) in [7, 11) is 1.60. The summed E-state index contributed by atoms with van der Waals surface area (Å²) in [5, 5.41) is 9.17. The lowest BCUT2D eigenvalue weighted by atomic mass is 10.1. The van der Waals surface area contributed by atoms with Crippen LogP contribution in [0.4, 0.5) is 0 Å². The minimum Gasteiger partial charge on any atom is -0.496 e. The van der Waals surface area contributed by atoms with E-state index in [0.29, 0.717) is 5.69 Å². The third kappa shape index (κ3) is 2.85. The van der Waals surface area contributed by atoms with Crippen LogP contribution in [0.5, 0.6) is 5.75 Å². The lowest BCUT2D eigenvalue weighted by Gasteiger charge is -2.08. The molecule has 4 nitrogen and oxygen atoms in total. The SMILES string of the molecule is COc1ccc(-c2cc(C(=O)O)cc(Cl)n2)cc1C. The van der Waals surface area contributed by atoms with Gasteiger partial charge in [-0.3, -0.25) is 0 Å². The number of pyridine rings is 1. The van der Waals surface area contributed by atoms with Crippen molar-refractivity contribution in [3.05, 3.63) is 46.6 Å². The third-order valence-corrected chi connectivity index (χ3v) is 2.93. The topological polar surface area (TPSA) is 59.4 Å². The number of hydrogen-bond donors (Lipinski definition) is 1. The lowest BCUT2D eigenvalue weighted by molar-refractivity contribution is 0.0697. The number of methoxy groups -OCH3 is 1. The highest BCUT2D eigenvalue weighted by molar-refractivity contribution is 6.29. The molecule has 5 heteroatoms. The number of hydrogen-bond acceptors (Lipinski definition) is 3. The van der Waals surface area contributed by atoms with Crippen LogP contribution >= 0.6 is 11.6 Å². The van der Waals surface area contributed by atoms with Gasteiger partial charge in [0, 0.05) is 5.56 Å². The van der Waals surface area contributed by atoms with Crippen molar-refractivity contribution in [1.82, 2.24) is 4.98 Å². The highest BCUT2D eigenvalue weighted by Crippen LogP contribution is 2.26. The molecule has 0 saturated heterocycles. The average Bonchev–Trinajstić information content (AvgIpc) is 2.37. The van der Waals surface area contributed by atoms with E-state index < -0.39 is 5.97 Å². The van der Waals surface area contributed by atoms with Crippen LogP contribution in [0.1, 0.15) is 15.9 Å². The number of carbonyl (C=O) groups is 1. The standard InChI is InChI=1S/C14H12ClNO3/c1-8-5-9(3-4-12(8)19-2)11-6-10(14(17)18)7-13(15)16-11/h3-7H,1-2H3,(H,17,18). The van der Waals surface area contributed by atoms with Crippen molar-refractivity contribution in [3.8, 4) is 17.0 Å². The quantitative estimate of drug-likeness (QED) is 0.874. The van der Waals surface area contributed by atoms with Gasteiger partial charge in [-0.25, -0.2) is 9.78 Å². The molecule has 0 bridgehead atoms. The van der Waals surface area contributed by atoms with Crippen molar-refractivity contribution in [1.29, 1.82) is 0 Å². The number of aromatic nitrogens is 1. The molecule has 0 radical (unpaired) electrons.